The minimum atomic E-state index is -1.39. The Bertz CT molecular complexity index is 1310. The number of ketones is 1. The zero-order valence-electron chi connectivity index (χ0n) is 17.5. The monoisotopic (exact) mass is 450 g/mol. The minimum absolute atomic E-state index is 0.0567. The third-order valence-corrected chi connectivity index (χ3v) is 6.77. The first-order valence-corrected chi connectivity index (χ1v) is 10.4. The molecule has 0 aliphatic carbocycles. The van der Waals surface area contributed by atoms with Crippen LogP contribution in [0.15, 0.2) is 60.7 Å². The predicted octanol–water partition coefficient (Wildman–Crippen LogP) is 3.75. The number of amides is 1. The number of phenolic OH excluding ortho intramolecular Hbond substituents is 2. The van der Waals surface area contributed by atoms with Gasteiger partial charge in [0, 0.05) is 29.3 Å². The Kier molecular flexibility index (Phi) is 4.72. The van der Waals surface area contributed by atoms with Crippen LogP contribution in [-0.2, 0) is 10.3 Å². The van der Waals surface area contributed by atoms with E-state index < -0.39 is 40.7 Å². The van der Waals surface area contributed by atoms with Crippen molar-refractivity contribution in [2.45, 2.75) is 11.5 Å². The maximum atomic E-state index is 14.0. The molecule has 0 aromatic heterocycles. The van der Waals surface area contributed by atoms with Crippen LogP contribution < -0.4 is 5.32 Å². The number of rotatable bonds is 3. The minimum Gasteiger partial charge on any atom is -0.504 e. The summed E-state index contributed by atoms with van der Waals surface area (Å²) in [5.41, 5.74) is 0.276. The highest BCUT2D eigenvalue weighted by Gasteiger charge is 2.64. The quantitative estimate of drug-likeness (QED) is 0.418. The summed E-state index contributed by atoms with van der Waals surface area (Å²) in [6, 6.07) is 14.2. The molecule has 3 aromatic carbocycles. The first kappa shape index (κ1) is 21.1. The topological polar surface area (TPSA) is 89.9 Å². The zero-order valence-corrected chi connectivity index (χ0v) is 17.5. The third-order valence-electron chi connectivity index (χ3n) is 6.77. The lowest BCUT2D eigenvalue weighted by atomic mass is 9.70. The summed E-state index contributed by atoms with van der Waals surface area (Å²) in [7, 11) is 1.73. The first-order valence-electron chi connectivity index (χ1n) is 10.4. The summed E-state index contributed by atoms with van der Waals surface area (Å²) in [4.78, 5) is 29.2. The molecule has 3 atom stereocenters. The van der Waals surface area contributed by atoms with Crippen molar-refractivity contribution in [2.24, 2.45) is 5.92 Å². The molecule has 0 saturated carbocycles. The van der Waals surface area contributed by atoms with Crippen LogP contribution in [0.1, 0.15) is 27.4 Å². The highest BCUT2D eigenvalue weighted by atomic mass is 19.2. The Morgan fingerprint density at radius 1 is 1.03 bits per heavy atom. The molecule has 0 radical (unpaired) electrons. The Morgan fingerprint density at radius 3 is 2.52 bits per heavy atom. The fourth-order valence-electron chi connectivity index (χ4n) is 5.30. The Morgan fingerprint density at radius 2 is 1.79 bits per heavy atom. The van der Waals surface area contributed by atoms with Crippen LogP contribution in [0.5, 0.6) is 11.5 Å². The third kappa shape index (κ3) is 2.94. The van der Waals surface area contributed by atoms with Gasteiger partial charge in [-0.3, -0.25) is 14.5 Å². The summed E-state index contributed by atoms with van der Waals surface area (Å²) >= 11 is 0. The maximum absolute atomic E-state index is 14.0. The molecule has 2 heterocycles. The smallest absolute Gasteiger partial charge is 0.250 e. The highest BCUT2D eigenvalue weighted by molar-refractivity contribution is 6.12. The van der Waals surface area contributed by atoms with Crippen LogP contribution in [0.25, 0.3) is 0 Å². The van der Waals surface area contributed by atoms with E-state index in [1.165, 1.54) is 18.2 Å². The standard InChI is InChI=1S/C25H20F2N2O4/c1-29-12-15(13-7-9-20(30)21(31)11-13)22(23(32)14-6-8-17(26)18(27)10-14)25(29)16-4-2-3-5-19(16)28-24(25)33/h2-11,15,22,30-31H,12H2,1H3,(H,28,33). The van der Waals surface area contributed by atoms with E-state index >= 15 is 0 Å². The van der Waals surface area contributed by atoms with Gasteiger partial charge in [0.25, 0.3) is 0 Å². The normalized spacial score (nSPS) is 24.2. The molecular formula is C25H20F2N2O4. The Labute approximate surface area is 188 Å². The number of nitrogens with one attached hydrogen (secondary N) is 1. The number of likely N-dealkylation sites (N-methyl/N-ethyl adjacent to an activating group) is 1. The SMILES string of the molecule is CN1CC(c2ccc(O)c(O)c2)C(C(=O)c2ccc(F)c(F)c2)C12C(=O)Nc1ccccc12. The number of anilines is 1. The van der Waals surface area contributed by atoms with E-state index in [0.717, 1.165) is 12.1 Å². The van der Waals surface area contributed by atoms with Crippen molar-refractivity contribution in [1.82, 2.24) is 4.90 Å². The van der Waals surface area contributed by atoms with Crippen molar-refractivity contribution in [1.29, 1.82) is 0 Å². The summed E-state index contributed by atoms with van der Waals surface area (Å²) in [6.07, 6.45) is 0. The summed E-state index contributed by atoms with van der Waals surface area (Å²) < 4.78 is 27.6. The molecule has 168 valence electrons. The van der Waals surface area contributed by atoms with Crippen molar-refractivity contribution >= 4 is 17.4 Å². The van der Waals surface area contributed by atoms with Gasteiger partial charge in [-0.2, -0.15) is 0 Å². The van der Waals surface area contributed by atoms with Gasteiger partial charge in [0.1, 0.15) is 5.54 Å². The predicted molar refractivity (Wildman–Crippen MR) is 116 cm³/mol. The molecule has 1 spiro atoms. The number of fused-ring (bicyclic) bond motifs is 2. The summed E-state index contributed by atoms with van der Waals surface area (Å²) in [6.45, 7) is 0.270. The highest BCUT2D eigenvalue weighted by Crippen LogP contribution is 2.55. The number of carbonyl (C=O) groups is 2. The number of hydrogen-bond donors (Lipinski definition) is 3. The molecule has 1 fully saturated rings. The molecule has 2 aliphatic heterocycles. The molecule has 3 unspecified atom stereocenters. The van der Waals surface area contributed by atoms with Gasteiger partial charge in [0.15, 0.2) is 28.9 Å². The maximum Gasteiger partial charge on any atom is 0.250 e. The first-order chi connectivity index (χ1) is 15.7. The summed E-state index contributed by atoms with van der Waals surface area (Å²) in [5, 5.41) is 22.7. The molecular weight excluding hydrogens is 430 g/mol. The van der Waals surface area contributed by atoms with Crippen LogP contribution in [0, 0.1) is 17.6 Å². The van der Waals surface area contributed by atoms with Crippen molar-refractivity contribution in [3.05, 3.63) is 89.0 Å². The van der Waals surface area contributed by atoms with Crippen molar-refractivity contribution in [2.75, 3.05) is 18.9 Å². The van der Waals surface area contributed by atoms with E-state index in [4.69, 9.17) is 0 Å². The lowest BCUT2D eigenvalue weighted by Crippen LogP contribution is -2.51. The van der Waals surface area contributed by atoms with E-state index in [0.29, 0.717) is 16.8 Å². The van der Waals surface area contributed by atoms with Gasteiger partial charge in [-0.1, -0.05) is 24.3 Å². The van der Waals surface area contributed by atoms with Crippen LogP contribution in [0.3, 0.4) is 0 Å². The largest absolute Gasteiger partial charge is 0.504 e. The number of Topliss-reactive ketones (excluding diaryl/α,β-unsaturated/α-hetero) is 1. The number of phenols is 2. The molecule has 1 saturated heterocycles. The van der Waals surface area contributed by atoms with E-state index in [-0.39, 0.29) is 23.6 Å². The van der Waals surface area contributed by atoms with E-state index in [1.807, 2.05) is 0 Å². The van der Waals surface area contributed by atoms with Gasteiger partial charge in [-0.15, -0.1) is 0 Å². The number of carbonyl (C=O) groups excluding carboxylic acids is 2. The fourth-order valence-corrected chi connectivity index (χ4v) is 5.30. The molecule has 5 rings (SSSR count). The van der Waals surface area contributed by atoms with Gasteiger partial charge in [-0.25, -0.2) is 8.78 Å². The number of nitrogens with zero attached hydrogens (tertiary/aromatic N) is 1. The second kappa shape index (κ2) is 7.38. The van der Waals surface area contributed by atoms with E-state index in [1.54, 1.807) is 42.3 Å². The van der Waals surface area contributed by atoms with Gasteiger partial charge in [0.05, 0.1) is 5.92 Å². The molecule has 33 heavy (non-hydrogen) atoms. The molecule has 2 aliphatic rings. The average Bonchev–Trinajstić information content (AvgIpc) is 3.27. The van der Waals surface area contributed by atoms with Gasteiger partial charge < -0.3 is 15.5 Å². The van der Waals surface area contributed by atoms with Crippen molar-refractivity contribution in [3.8, 4) is 11.5 Å². The molecule has 8 heteroatoms. The average molecular weight is 450 g/mol. The lowest BCUT2D eigenvalue weighted by molar-refractivity contribution is -0.126. The van der Waals surface area contributed by atoms with Gasteiger partial charge in [-0.05, 0) is 49.0 Å². The van der Waals surface area contributed by atoms with Crippen LogP contribution in [0.2, 0.25) is 0 Å². The number of para-hydroxylation sites is 1. The molecule has 6 nitrogen and oxygen atoms in total. The van der Waals surface area contributed by atoms with Crippen LogP contribution in [-0.4, -0.2) is 40.4 Å². The second-order valence-electron chi connectivity index (χ2n) is 8.47. The Balaban J connectivity index is 1.73. The number of hydrogen-bond acceptors (Lipinski definition) is 5. The van der Waals surface area contributed by atoms with Crippen molar-refractivity contribution < 1.29 is 28.6 Å². The van der Waals surface area contributed by atoms with Gasteiger partial charge in [0.2, 0.25) is 5.91 Å². The number of aromatic hydroxyl groups is 2. The number of likely N-dealkylation sites (tertiary alicyclic amines) is 1. The lowest BCUT2D eigenvalue weighted by Gasteiger charge is -2.35. The molecule has 1 amide bonds. The molecule has 3 aromatic rings. The van der Waals surface area contributed by atoms with Crippen LogP contribution in [0.4, 0.5) is 14.5 Å². The zero-order chi connectivity index (χ0) is 23.5. The molecule has 3 N–H and O–H groups in total. The van der Waals surface area contributed by atoms with Gasteiger partial charge >= 0.3 is 0 Å². The van der Waals surface area contributed by atoms with Crippen LogP contribution >= 0.6 is 0 Å². The number of halogens is 2. The van der Waals surface area contributed by atoms with Crippen molar-refractivity contribution in [3.63, 3.8) is 0 Å². The van der Waals surface area contributed by atoms with E-state index in [9.17, 15) is 28.6 Å². The Hall–Kier alpha value is -3.78. The van der Waals surface area contributed by atoms with E-state index in [2.05, 4.69) is 5.32 Å². The second-order valence-corrected chi connectivity index (χ2v) is 8.47. The summed E-state index contributed by atoms with van der Waals surface area (Å²) in [5.74, 6) is -5.41. The fraction of sp³-hybridized carbons (Fsp3) is 0.200. The molecule has 0 bridgehead atoms. The number of benzene rings is 3.